The summed E-state index contributed by atoms with van der Waals surface area (Å²) >= 11 is 0. The average Bonchev–Trinajstić information content (AvgIpc) is 2.73. The smallest absolute Gasteiger partial charge is 0.231 e. The molecule has 1 aliphatic rings. The zero-order valence-electron chi connectivity index (χ0n) is 10.8. The summed E-state index contributed by atoms with van der Waals surface area (Å²) in [6.45, 7) is 0.539. The van der Waals surface area contributed by atoms with Gasteiger partial charge in [-0.1, -0.05) is 36.4 Å². The maximum atomic E-state index is 11.6. The molecule has 0 N–H and O–H groups in total. The van der Waals surface area contributed by atoms with Crippen LogP contribution in [0, 0.1) is 0 Å². The van der Waals surface area contributed by atoms with E-state index in [1.165, 1.54) is 0 Å². The molecule has 2 aromatic rings. The van der Waals surface area contributed by atoms with Gasteiger partial charge >= 0.3 is 0 Å². The largest absolute Gasteiger partial charge is 0.489 e. The van der Waals surface area contributed by atoms with E-state index in [9.17, 15) is 4.79 Å². The van der Waals surface area contributed by atoms with E-state index in [0.29, 0.717) is 13.0 Å². The van der Waals surface area contributed by atoms with Gasteiger partial charge in [-0.3, -0.25) is 4.79 Å². The summed E-state index contributed by atoms with van der Waals surface area (Å²) in [6.07, 6.45) is 0.491. The highest BCUT2D eigenvalue weighted by atomic mass is 16.5. The molecule has 0 saturated heterocycles. The number of fused-ring (bicyclic) bond motifs is 1. The van der Waals surface area contributed by atoms with Crippen molar-refractivity contribution in [1.29, 1.82) is 0 Å². The van der Waals surface area contributed by atoms with Crippen LogP contribution < -0.4 is 9.64 Å². The van der Waals surface area contributed by atoms with E-state index in [1.54, 1.807) is 11.9 Å². The molecule has 3 nitrogen and oxygen atoms in total. The van der Waals surface area contributed by atoms with Crippen LogP contribution in [-0.4, -0.2) is 13.0 Å². The van der Waals surface area contributed by atoms with E-state index in [-0.39, 0.29) is 5.91 Å². The summed E-state index contributed by atoms with van der Waals surface area (Å²) in [5, 5.41) is 0. The van der Waals surface area contributed by atoms with Crippen LogP contribution in [0.2, 0.25) is 0 Å². The molecule has 0 spiro atoms. The summed E-state index contributed by atoms with van der Waals surface area (Å²) in [7, 11) is 1.80. The molecule has 0 bridgehead atoms. The summed E-state index contributed by atoms with van der Waals surface area (Å²) in [4.78, 5) is 13.3. The highest BCUT2D eigenvalue weighted by Crippen LogP contribution is 2.31. The van der Waals surface area contributed by atoms with Crippen LogP contribution in [0.1, 0.15) is 11.1 Å². The Hall–Kier alpha value is -2.29. The minimum Gasteiger partial charge on any atom is -0.489 e. The molecular formula is C16H15NO2. The Morgan fingerprint density at radius 2 is 1.95 bits per heavy atom. The first kappa shape index (κ1) is 11.8. The molecule has 0 aliphatic carbocycles. The maximum absolute atomic E-state index is 11.6. The van der Waals surface area contributed by atoms with Gasteiger partial charge < -0.3 is 9.64 Å². The number of anilines is 1. The van der Waals surface area contributed by atoms with Gasteiger partial charge in [0.05, 0.1) is 12.1 Å². The van der Waals surface area contributed by atoms with Crippen LogP contribution in [0.5, 0.6) is 5.75 Å². The monoisotopic (exact) mass is 253 g/mol. The van der Waals surface area contributed by atoms with Gasteiger partial charge in [-0.2, -0.15) is 0 Å². The summed E-state index contributed by atoms with van der Waals surface area (Å²) in [5.74, 6) is 0.930. The van der Waals surface area contributed by atoms with Crippen molar-refractivity contribution >= 4 is 11.6 Å². The van der Waals surface area contributed by atoms with Gasteiger partial charge in [-0.25, -0.2) is 0 Å². The van der Waals surface area contributed by atoms with Gasteiger partial charge in [0.1, 0.15) is 12.4 Å². The van der Waals surface area contributed by atoms with Crippen molar-refractivity contribution in [2.24, 2.45) is 0 Å². The first-order chi connectivity index (χ1) is 9.24. The van der Waals surface area contributed by atoms with Crippen molar-refractivity contribution in [2.45, 2.75) is 13.0 Å². The molecule has 1 amide bonds. The van der Waals surface area contributed by atoms with Crippen LogP contribution >= 0.6 is 0 Å². The standard InChI is InChI=1S/C16H15NO2/c1-17-15-10-14(8-7-13(15)9-16(17)18)19-11-12-5-3-2-4-6-12/h2-8,10H,9,11H2,1H3. The van der Waals surface area contributed by atoms with Crippen molar-refractivity contribution in [3.05, 3.63) is 59.7 Å². The highest BCUT2D eigenvalue weighted by Gasteiger charge is 2.24. The number of benzene rings is 2. The SMILES string of the molecule is CN1C(=O)Cc2ccc(OCc3ccccc3)cc21. The van der Waals surface area contributed by atoms with E-state index >= 15 is 0 Å². The lowest BCUT2D eigenvalue weighted by atomic mass is 10.1. The fourth-order valence-corrected chi connectivity index (χ4v) is 2.25. The average molecular weight is 253 g/mol. The van der Waals surface area contributed by atoms with Crippen molar-refractivity contribution in [3.8, 4) is 5.75 Å². The van der Waals surface area contributed by atoms with Gasteiger partial charge in [0.15, 0.2) is 0 Å². The van der Waals surface area contributed by atoms with Crippen LogP contribution in [0.25, 0.3) is 0 Å². The predicted molar refractivity (Wildman–Crippen MR) is 74.3 cm³/mol. The second-order valence-electron chi connectivity index (χ2n) is 4.69. The molecule has 3 heteroatoms. The zero-order valence-corrected chi connectivity index (χ0v) is 10.8. The first-order valence-corrected chi connectivity index (χ1v) is 6.30. The van der Waals surface area contributed by atoms with Gasteiger partial charge in [-0.15, -0.1) is 0 Å². The molecule has 0 unspecified atom stereocenters. The number of hydrogen-bond donors (Lipinski definition) is 0. The van der Waals surface area contributed by atoms with E-state index in [1.807, 2.05) is 48.5 Å². The van der Waals surface area contributed by atoms with Gasteiger partial charge in [0, 0.05) is 13.1 Å². The fourth-order valence-electron chi connectivity index (χ4n) is 2.25. The molecule has 0 atom stereocenters. The fraction of sp³-hybridized carbons (Fsp3) is 0.188. The van der Waals surface area contributed by atoms with Crippen LogP contribution in [0.3, 0.4) is 0 Å². The number of ether oxygens (including phenoxy) is 1. The molecule has 0 fully saturated rings. The van der Waals surface area contributed by atoms with Gasteiger partial charge in [0.2, 0.25) is 5.91 Å². The number of likely N-dealkylation sites (N-methyl/N-ethyl adjacent to an activating group) is 1. The summed E-state index contributed by atoms with van der Waals surface area (Å²) < 4.78 is 5.76. The van der Waals surface area contributed by atoms with E-state index in [0.717, 1.165) is 22.6 Å². The van der Waals surface area contributed by atoms with Crippen LogP contribution in [0.15, 0.2) is 48.5 Å². The van der Waals surface area contributed by atoms with Crippen molar-refractivity contribution in [2.75, 3.05) is 11.9 Å². The molecule has 0 aromatic heterocycles. The van der Waals surface area contributed by atoms with Crippen LogP contribution in [-0.2, 0) is 17.8 Å². The lowest BCUT2D eigenvalue weighted by Gasteiger charge is -2.12. The van der Waals surface area contributed by atoms with Crippen molar-refractivity contribution in [3.63, 3.8) is 0 Å². The Morgan fingerprint density at radius 1 is 1.16 bits per heavy atom. The van der Waals surface area contributed by atoms with E-state index in [4.69, 9.17) is 4.74 Å². The lowest BCUT2D eigenvalue weighted by molar-refractivity contribution is -0.117. The quantitative estimate of drug-likeness (QED) is 0.841. The van der Waals surface area contributed by atoms with Crippen LogP contribution in [0.4, 0.5) is 5.69 Å². The second kappa shape index (κ2) is 4.76. The first-order valence-electron chi connectivity index (χ1n) is 6.30. The third-order valence-corrected chi connectivity index (χ3v) is 3.38. The number of amides is 1. The van der Waals surface area contributed by atoms with E-state index in [2.05, 4.69) is 0 Å². The molecule has 96 valence electrons. The Balaban J connectivity index is 1.75. The zero-order chi connectivity index (χ0) is 13.2. The van der Waals surface area contributed by atoms with Gasteiger partial charge in [0.25, 0.3) is 0 Å². The number of nitrogens with zero attached hydrogens (tertiary/aromatic N) is 1. The molecule has 19 heavy (non-hydrogen) atoms. The Kier molecular flexibility index (Phi) is 2.95. The molecule has 0 saturated carbocycles. The van der Waals surface area contributed by atoms with Gasteiger partial charge in [-0.05, 0) is 17.2 Å². The molecule has 1 aliphatic heterocycles. The normalized spacial score (nSPS) is 13.5. The Bertz CT molecular complexity index is 607. The molecule has 0 radical (unpaired) electrons. The third-order valence-electron chi connectivity index (χ3n) is 3.38. The lowest BCUT2D eigenvalue weighted by Crippen LogP contribution is -2.20. The summed E-state index contributed by atoms with van der Waals surface area (Å²) in [6, 6.07) is 15.9. The number of carbonyl (C=O) groups excluding carboxylic acids is 1. The Labute approximate surface area is 112 Å². The molecule has 2 aromatic carbocycles. The summed E-state index contributed by atoms with van der Waals surface area (Å²) in [5.41, 5.74) is 3.16. The topological polar surface area (TPSA) is 29.5 Å². The minimum absolute atomic E-state index is 0.134. The Morgan fingerprint density at radius 3 is 2.74 bits per heavy atom. The van der Waals surface area contributed by atoms with E-state index < -0.39 is 0 Å². The van der Waals surface area contributed by atoms with Crippen molar-refractivity contribution < 1.29 is 9.53 Å². The third kappa shape index (κ3) is 2.32. The molecular weight excluding hydrogens is 238 g/mol. The second-order valence-corrected chi connectivity index (χ2v) is 4.69. The van der Waals surface area contributed by atoms with Crippen molar-refractivity contribution in [1.82, 2.24) is 0 Å². The number of rotatable bonds is 3. The maximum Gasteiger partial charge on any atom is 0.231 e. The minimum atomic E-state index is 0.134. The highest BCUT2D eigenvalue weighted by molar-refractivity contribution is 6.01. The number of hydrogen-bond acceptors (Lipinski definition) is 2. The molecule has 3 rings (SSSR count). The predicted octanol–water partition coefficient (Wildman–Crippen LogP) is 2.78. The molecule has 1 heterocycles. The number of carbonyl (C=O) groups is 1.